The van der Waals surface area contributed by atoms with Crippen LogP contribution in [0.4, 0.5) is 4.39 Å². The van der Waals surface area contributed by atoms with Crippen molar-refractivity contribution in [2.75, 3.05) is 0 Å². The predicted octanol–water partition coefficient (Wildman–Crippen LogP) is 3.46. The van der Waals surface area contributed by atoms with Crippen molar-refractivity contribution in [1.29, 1.82) is 0 Å². The summed E-state index contributed by atoms with van der Waals surface area (Å²) in [5.74, 6) is 0.479. The fourth-order valence-electron chi connectivity index (χ4n) is 1.71. The molecular formula is C15H14FNO2S. The summed E-state index contributed by atoms with van der Waals surface area (Å²) < 4.78 is 18.3. The van der Waals surface area contributed by atoms with Gasteiger partial charge in [-0.15, -0.1) is 0 Å². The van der Waals surface area contributed by atoms with Crippen LogP contribution in [0.2, 0.25) is 0 Å². The van der Waals surface area contributed by atoms with E-state index in [1.807, 2.05) is 12.1 Å². The number of rotatable bonds is 5. The number of hydrogen-bond donors (Lipinski definition) is 2. The monoisotopic (exact) mass is 291 g/mol. The summed E-state index contributed by atoms with van der Waals surface area (Å²) in [5, 5.41) is -0.229. The molecule has 0 spiro atoms. The molecule has 0 saturated heterocycles. The molecule has 0 aromatic heterocycles. The Labute approximate surface area is 122 Å². The highest BCUT2D eigenvalue weighted by Crippen LogP contribution is 2.27. The fraction of sp³-hybridized carbons (Fsp3) is 0.133. The van der Waals surface area contributed by atoms with E-state index in [0.29, 0.717) is 11.5 Å². The molecule has 2 aromatic carbocycles. The summed E-state index contributed by atoms with van der Waals surface area (Å²) >= 11 is 4.32. The second kappa shape index (κ2) is 6.43. The van der Waals surface area contributed by atoms with Crippen LogP contribution in [0, 0.1) is 5.82 Å². The normalized spacial score (nSPS) is 11.9. The van der Waals surface area contributed by atoms with Crippen LogP contribution in [0.5, 0.6) is 11.5 Å². The third kappa shape index (κ3) is 3.99. The van der Waals surface area contributed by atoms with Crippen LogP contribution in [0.25, 0.3) is 0 Å². The van der Waals surface area contributed by atoms with Crippen LogP contribution in [-0.2, 0) is 4.79 Å². The molecule has 5 heteroatoms. The molecule has 0 radical (unpaired) electrons. The molecule has 0 bridgehead atoms. The Morgan fingerprint density at radius 2 is 1.60 bits per heavy atom. The minimum Gasteiger partial charge on any atom is -0.457 e. The van der Waals surface area contributed by atoms with E-state index in [4.69, 9.17) is 10.5 Å². The molecular weight excluding hydrogens is 277 g/mol. The number of nitrogens with two attached hydrogens (primary N) is 1. The zero-order chi connectivity index (χ0) is 14.5. The highest BCUT2D eigenvalue weighted by Gasteiger charge is 2.09. The number of halogens is 1. The fourth-order valence-corrected chi connectivity index (χ4v) is 2.06. The molecule has 0 aliphatic heterocycles. The van der Waals surface area contributed by atoms with Crippen molar-refractivity contribution in [2.24, 2.45) is 5.73 Å². The summed E-state index contributed by atoms with van der Waals surface area (Å²) in [6.07, 6.45) is 0.182. The zero-order valence-electron chi connectivity index (χ0n) is 10.6. The Balaban J connectivity index is 2.04. The first kappa shape index (κ1) is 14.4. The lowest BCUT2D eigenvalue weighted by atomic mass is 10.1. The zero-order valence-corrected chi connectivity index (χ0v) is 11.5. The average Bonchev–Trinajstić information content (AvgIpc) is 2.41. The van der Waals surface area contributed by atoms with Gasteiger partial charge in [0.2, 0.25) is 5.91 Å². The van der Waals surface area contributed by atoms with Gasteiger partial charge in [-0.05, 0) is 42.0 Å². The minimum absolute atomic E-state index is 0.182. The van der Waals surface area contributed by atoms with Gasteiger partial charge in [-0.3, -0.25) is 4.79 Å². The van der Waals surface area contributed by atoms with E-state index < -0.39 is 5.91 Å². The van der Waals surface area contributed by atoms with Crippen LogP contribution in [0.15, 0.2) is 48.5 Å². The van der Waals surface area contributed by atoms with Crippen LogP contribution < -0.4 is 10.5 Å². The standard InChI is InChI=1S/C15H14FNO2S/c16-11-3-7-13(8-4-11)19-12-5-1-10(2-6-12)14(20)9-15(17)18/h1-8,14,20H,9H2,(H2,17,18). The molecule has 1 atom stereocenters. The number of carbonyl (C=O) groups excluding carboxylic acids is 1. The van der Waals surface area contributed by atoms with Gasteiger partial charge in [0.25, 0.3) is 0 Å². The first-order valence-corrected chi connectivity index (χ1v) is 6.56. The second-order valence-corrected chi connectivity index (χ2v) is 4.93. The highest BCUT2D eigenvalue weighted by atomic mass is 32.1. The van der Waals surface area contributed by atoms with Gasteiger partial charge >= 0.3 is 0 Å². The third-order valence-corrected chi connectivity index (χ3v) is 3.19. The summed E-state index contributed by atoms with van der Waals surface area (Å²) in [7, 11) is 0. The molecule has 0 fully saturated rings. The Morgan fingerprint density at radius 1 is 1.10 bits per heavy atom. The Bertz CT molecular complexity index is 584. The maximum absolute atomic E-state index is 12.8. The largest absolute Gasteiger partial charge is 0.457 e. The molecule has 2 N–H and O–H groups in total. The molecule has 0 saturated carbocycles. The number of carbonyl (C=O) groups is 1. The van der Waals surface area contributed by atoms with E-state index in [1.54, 1.807) is 24.3 Å². The molecule has 1 unspecified atom stereocenters. The molecule has 104 valence electrons. The van der Waals surface area contributed by atoms with Crippen LogP contribution in [0.1, 0.15) is 17.2 Å². The van der Waals surface area contributed by atoms with Gasteiger partial charge in [0.1, 0.15) is 17.3 Å². The lowest BCUT2D eigenvalue weighted by Gasteiger charge is -2.10. The van der Waals surface area contributed by atoms with E-state index in [9.17, 15) is 9.18 Å². The van der Waals surface area contributed by atoms with Crippen molar-refractivity contribution in [1.82, 2.24) is 0 Å². The van der Waals surface area contributed by atoms with E-state index >= 15 is 0 Å². The molecule has 2 aromatic rings. The summed E-state index contributed by atoms with van der Waals surface area (Å²) in [5.41, 5.74) is 6.02. The van der Waals surface area contributed by atoms with E-state index in [2.05, 4.69) is 12.6 Å². The van der Waals surface area contributed by atoms with Gasteiger partial charge in [-0.1, -0.05) is 12.1 Å². The van der Waals surface area contributed by atoms with Gasteiger partial charge < -0.3 is 10.5 Å². The second-order valence-electron chi connectivity index (χ2n) is 4.31. The Hall–Kier alpha value is -2.01. The van der Waals surface area contributed by atoms with E-state index in [-0.39, 0.29) is 17.5 Å². The highest BCUT2D eigenvalue weighted by molar-refractivity contribution is 7.80. The smallest absolute Gasteiger partial charge is 0.218 e. The molecule has 0 aliphatic rings. The van der Waals surface area contributed by atoms with Crippen molar-refractivity contribution in [3.8, 4) is 11.5 Å². The van der Waals surface area contributed by atoms with Crippen LogP contribution >= 0.6 is 12.6 Å². The van der Waals surface area contributed by atoms with Crippen LogP contribution in [0.3, 0.4) is 0 Å². The van der Waals surface area contributed by atoms with Gasteiger partial charge in [-0.2, -0.15) is 12.6 Å². The quantitative estimate of drug-likeness (QED) is 0.829. The van der Waals surface area contributed by atoms with Gasteiger partial charge in [0, 0.05) is 11.7 Å². The van der Waals surface area contributed by atoms with Crippen molar-refractivity contribution in [2.45, 2.75) is 11.7 Å². The van der Waals surface area contributed by atoms with Crippen molar-refractivity contribution in [3.63, 3.8) is 0 Å². The Kier molecular flexibility index (Phi) is 4.63. The number of primary amides is 1. The average molecular weight is 291 g/mol. The minimum atomic E-state index is -0.392. The number of amides is 1. The van der Waals surface area contributed by atoms with Crippen molar-refractivity contribution >= 4 is 18.5 Å². The van der Waals surface area contributed by atoms with Gasteiger partial charge in [0.15, 0.2) is 0 Å². The molecule has 20 heavy (non-hydrogen) atoms. The predicted molar refractivity (Wildman–Crippen MR) is 78.5 cm³/mol. The summed E-state index contributed by atoms with van der Waals surface area (Å²) in [6.45, 7) is 0. The topological polar surface area (TPSA) is 52.3 Å². The number of hydrogen-bond acceptors (Lipinski definition) is 3. The maximum Gasteiger partial charge on any atom is 0.218 e. The molecule has 0 aliphatic carbocycles. The number of thiol groups is 1. The molecule has 3 nitrogen and oxygen atoms in total. The van der Waals surface area contributed by atoms with Crippen molar-refractivity contribution in [3.05, 3.63) is 59.9 Å². The Morgan fingerprint density at radius 3 is 2.10 bits per heavy atom. The molecule has 2 rings (SSSR count). The lowest BCUT2D eigenvalue weighted by Crippen LogP contribution is -2.12. The first-order chi connectivity index (χ1) is 9.54. The lowest BCUT2D eigenvalue weighted by molar-refractivity contribution is -0.118. The van der Waals surface area contributed by atoms with Gasteiger partial charge in [0.05, 0.1) is 0 Å². The summed E-state index contributed by atoms with van der Waals surface area (Å²) in [4.78, 5) is 10.8. The summed E-state index contributed by atoms with van der Waals surface area (Å²) in [6, 6.07) is 12.9. The van der Waals surface area contributed by atoms with E-state index in [0.717, 1.165) is 5.56 Å². The number of benzene rings is 2. The van der Waals surface area contributed by atoms with Crippen LogP contribution in [-0.4, -0.2) is 5.91 Å². The maximum atomic E-state index is 12.8. The number of ether oxygens (including phenoxy) is 1. The van der Waals surface area contributed by atoms with Gasteiger partial charge in [-0.25, -0.2) is 4.39 Å². The molecule has 1 amide bonds. The van der Waals surface area contributed by atoms with E-state index in [1.165, 1.54) is 12.1 Å². The van der Waals surface area contributed by atoms with Crippen molar-refractivity contribution < 1.29 is 13.9 Å². The first-order valence-electron chi connectivity index (χ1n) is 6.04. The molecule has 0 heterocycles. The third-order valence-electron chi connectivity index (χ3n) is 2.71. The SMILES string of the molecule is NC(=O)CC(S)c1ccc(Oc2ccc(F)cc2)cc1.